The van der Waals surface area contributed by atoms with E-state index in [-0.39, 0.29) is 11.4 Å². The number of hydrogen-bond acceptors (Lipinski definition) is 5. The number of aromatic nitrogens is 2. The maximum atomic E-state index is 11.4. The van der Waals surface area contributed by atoms with Crippen LogP contribution in [0.3, 0.4) is 0 Å². The fourth-order valence-electron chi connectivity index (χ4n) is 1.61. The van der Waals surface area contributed by atoms with E-state index in [4.69, 9.17) is 0 Å². The molecule has 0 amide bonds. The second kappa shape index (κ2) is 3.85. The van der Waals surface area contributed by atoms with Crippen molar-refractivity contribution in [3.8, 4) is 0 Å². The van der Waals surface area contributed by atoms with Crippen LogP contribution >= 0.6 is 0 Å². The lowest BCUT2D eigenvalue weighted by atomic mass is 10.1. The van der Waals surface area contributed by atoms with Crippen LogP contribution in [0.15, 0.2) is 12.1 Å². The summed E-state index contributed by atoms with van der Waals surface area (Å²) in [5.74, 6) is -0.579. The van der Waals surface area contributed by atoms with Crippen molar-refractivity contribution in [2.24, 2.45) is 0 Å². The minimum atomic E-state index is -0.579. The maximum absolute atomic E-state index is 11.4. The molecule has 0 saturated heterocycles. The van der Waals surface area contributed by atoms with Crippen molar-refractivity contribution >= 4 is 22.6 Å². The summed E-state index contributed by atoms with van der Waals surface area (Å²) < 4.78 is 4.56. The van der Waals surface area contributed by atoms with E-state index >= 15 is 0 Å². The summed E-state index contributed by atoms with van der Waals surface area (Å²) in [7, 11) is 1.25. The Morgan fingerprint density at radius 2 is 2.24 bits per heavy atom. The molecule has 0 aliphatic rings. The van der Waals surface area contributed by atoms with E-state index < -0.39 is 10.9 Å². The van der Waals surface area contributed by atoms with Gasteiger partial charge in [-0.1, -0.05) is 0 Å². The number of methoxy groups -OCH3 is 1. The van der Waals surface area contributed by atoms with E-state index in [9.17, 15) is 14.9 Å². The van der Waals surface area contributed by atoms with Gasteiger partial charge in [-0.3, -0.25) is 15.2 Å². The van der Waals surface area contributed by atoms with Crippen molar-refractivity contribution in [2.75, 3.05) is 7.11 Å². The Morgan fingerprint density at radius 3 is 2.82 bits per heavy atom. The van der Waals surface area contributed by atoms with Crippen LogP contribution in [0.1, 0.15) is 16.1 Å². The molecule has 1 aromatic carbocycles. The van der Waals surface area contributed by atoms with Crippen LogP contribution < -0.4 is 0 Å². The van der Waals surface area contributed by atoms with Crippen LogP contribution in [0.25, 0.3) is 10.9 Å². The van der Waals surface area contributed by atoms with Crippen molar-refractivity contribution in [2.45, 2.75) is 6.92 Å². The number of rotatable bonds is 2. The number of nitrogens with one attached hydrogen (secondary N) is 1. The highest BCUT2D eigenvalue weighted by atomic mass is 16.6. The molecule has 7 nitrogen and oxygen atoms in total. The highest BCUT2D eigenvalue weighted by Gasteiger charge is 2.19. The Labute approximate surface area is 95.5 Å². The second-order valence-corrected chi connectivity index (χ2v) is 3.51. The molecule has 0 fully saturated rings. The van der Waals surface area contributed by atoms with Gasteiger partial charge in [-0.05, 0) is 13.0 Å². The highest BCUT2D eigenvalue weighted by Crippen LogP contribution is 2.26. The Morgan fingerprint density at radius 1 is 1.53 bits per heavy atom. The van der Waals surface area contributed by atoms with Gasteiger partial charge >= 0.3 is 5.97 Å². The van der Waals surface area contributed by atoms with Gasteiger partial charge < -0.3 is 4.74 Å². The second-order valence-electron chi connectivity index (χ2n) is 3.51. The van der Waals surface area contributed by atoms with Gasteiger partial charge in [-0.2, -0.15) is 5.10 Å². The normalized spacial score (nSPS) is 10.5. The SMILES string of the molecule is COC(=O)c1n[nH]c2cc([N+](=O)[O-])c(C)cc12. The molecule has 0 unspecified atom stereocenters. The van der Waals surface area contributed by atoms with Crippen molar-refractivity contribution in [1.29, 1.82) is 0 Å². The molecule has 17 heavy (non-hydrogen) atoms. The minimum Gasteiger partial charge on any atom is -0.464 e. The topological polar surface area (TPSA) is 98.1 Å². The van der Waals surface area contributed by atoms with Crippen LogP contribution in [-0.2, 0) is 4.74 Å². The Bertz CT molecular complexity index is 617. The molecular formula is C10H9N3O4. The van der Waals surface area contributed by atoms with Crippen molar-refractivity contribution in [3.63, 3.8) is 0 Å². The van der Waals surface area contributed by atoms with Gasteiger partial charge in [0.1, 0.15) is 0 Å². The number of aryl methyl sites for hydroxylation is 1. The largest absolute Gasteiger partial charge is 0.464 e. The van der Waals surface area contributed by atoms with Crippen molar-refractivity contribution in [1.82, 2.24) is 10.2 Å². The molecule has 0 aliphatic heterocycles. The fraction of sp³-hybridized carbons (Fsp3) is 0.200. The number of ether oxygens (including phenoxy) is 1. The van der Waals surface area contributed by atoms with Gasteiger partial charge in [-0.15, -0.1) is 0 Å². The van der Waals surface area contributed by atoms with Gasteiger partial charge in [0.05, 0.1) is 17.5 Å². The van der Waals surface area contributed by atoms with E-state index in [1.54, 1.807) is 13.0 Å². The fourth-order valence-corrected chi connectivity index (χ4v) is 1.61. The average molecular weight is 235 g/mol. The number of H-pyrrole nitrogens is 1. The molecule has 1 N–H and O–H groups in total. The molecular weight excluding hydrogens is 226 g/mol. The molecule has 1 heterocycles. The summed E-state index contributed by atoms with van der Waals surface area (Å²) in [6, 6.07) is 2.90. The molecule has 7 heteroatoms. The molecule has 0 atom stereocenters. The Kier molecular flexibility index (Phi) is 2.51. The molecule has 0 aliphatic carbocycles. The number of benzene rings is 1. The minimum absolute atomic E-state index is 0.0161. The zero-order chi connectivity index (χ0) is 12.6. The van der Waals surface area contributed by atoms with E-state index in [0.717, 1.165) is 0 Å². The van der Waals surface area contributed by atoms with E-state index in [2.05, 4.69) is 14.9 Å². The monoisotopic (exact) mass is 235 g/mol. The summed E-state index contributed by atoms with van der Waals surface area (Å²) in [5, 5.41) is 17.6. The summed E-state index contributed by atoms with van der Waals surface area (Å²) in [4.78, 5) is 21.6. The molecule has 2 rings (SSSR count). The molecule has 0 bridgehead atoms. The lowest BCUT2D eigenvalue weighted by Crippen LogP contribution is -2.02. The number of aromatic amines is 1. The molecule has 0 radical (unpaired) electrons. The standard InChI is InChI=1S/C10H9N3O4/c1-5-3-6-7(4-8(5)13(15)16)11-12-9(6)10(14)17-2/h3-4H,1-2H3,(H,11,12). The highest BCUT2D eigenvalue weighted by molar-refractivity contribution is 6.02. The predicted molar refractivity (Wildman–Crippen MR) is 58.8 cm³/mol. The van der Waals surface area contributed by atoms with Crippen molar-refractivity contribution < 1.29 is 14.5 Å². The van der Waals surface area contributed by atoms with Gasteiger partial charge in [0.15, 0.2) is 5.69 Å². The van der Waals surface area contributed by atoms with Gasteiger partial charge in [-0.25, -0.2) is 4.79 Å². The number of nitro groups is 1. The number of fused-ring (bicyclic) bond motifs is 1. The molecule has 0 saturated carbocycles. The predicted octanol–water partition coefficient (Wildman–Crippen LogP) is 1.57. The average Bonchev–Trinajstić information content (AvgIpc) is 2.69. The first-order valence-corrected chi connectivity index (χ1v) is 4.76. The first-order valence-electron chi connectivity index (χ1n) is 4.76. The Balaban J connectivity index is 2.68. The Hall–Kier alpha value is -2.44. The number of nitro benzene ring substituents is 1. The first kappa shape index (κ1) is 11.1. The number of esters is 1. The van der Waals surface area contributed by atoms with Gasteiger partial charge in [0.25, 0.3) is 5.69 Å². The third kappa shape index (κ3) is 1.71. The van der Waals surface area contributed by atoms with E-state index in [1.807, 2.05) is 0 Å². The lowest BCUT2D eigenvalue weighted by Gasteiger charge is -1.98. The van der Waals surface area contributed by atoms with Crippen molar-refractivity contribution in [3.05, 3.63) is 33.5 Å². The van der Waals surface area contributed by atoms with Crippen LogP contribution in [-0.4, -0.2) is 28.2 Å². The smallest absolute Gasteiger partial charge is 0.359 e. The quantitative estimate of drug-likeness (QED) is 0.484. The molecule has 1 aromatic heterocycles. The molecule has 0 spiro atoms. The zero-order valence-electron chi connectivity index (χ0n) is 9.18. The van der Waals surface area contributed by atoms with Crippen LogP contribution in [0.4, 0.5) is 5.69 Å². The summed E-state index contributed by atoms with van der Waals surface area (Å²) in [6.07, 6.45) is 0. The summed E-state index contributed by atoms with van der Waals surface area (Å²) >= 11 is 0. The van der Waals surface area contributed by atoms with Gasteiger partial charge in [0.2, 0.25) is 0 Å². The zero-order valence-corrected chi connectivity index (χ0v) is 9.18. The molecule has 88 valence electrons. The third-order valence-corrected chi connectivity index (χ3v) is 2.45. The van der Waals surface area contributed by atoms with Crippen LogP contribution in [0.2, 0.25) is 0 Å². The van der Waals surface area contributed by atoms with Crippen LogP contribution in [0.5, 0.6) is 0 Å². The van der Waals surface area contributed by atoms with E-state index in [1.165, 1.54) is 13.2 Å². The third-order valence-electron chi connectivity index (χ3n) is 2.45. The maximum Gasteiger partial charge on any atom is 0.359 e. The lowest BCUT2D eigenvalue weighted by molar-refractivity contribution is -0.385. The van der Waals surface area contributed by atoms with E-state index in [0.29, 0.717) is 16.5 Å². The van der Waals surface area contributed by atoms with Crippen LogP contribution in [0, 0.1) is 17.0 Å². The summed E-state index contributed by atoms with van der Waals surface area (Å²) in [5.41, 5.74) is 1.01. The number of nitrogens with zero attached hydrogens (tertiary/aromatic N) is 2. The summed E-state index contributed by atoms with van der Waals surface area (Å²) in [6.45, 7) is 1.60. The van der Waals surface area contributed by atoms with Gasteiger partial charge in [0, 0.05) is 17.0 Å². The first-order chi connectivity index (χ1) is 8.04. The number of carbonyl (C=O) groups is 1. The molecule has 2 aromatic rings. The number of carbonyl (C=O) groups excluding carboxylic acids is 1. The number of hydrogen-bond donors (Lipinski definition) is 1.